The maximum absolute atomic E-state index is 12.1. The number of rotatable bonds is 8. The van der Waals surface area contributed by atoms with E-state index in [1.54, 1.807) is 0 Å². The number of nitrogens with one attached hydrogen (secondary N) is 1. The number of nitrogens with zero attached hydrogens (tertiary/aromatic N) is 1. The number of hydrogen-bond donors (Lipinski definition) is 1. The molecule has 1 N–H and O–H groups in total. The van der Waals surface area contributed by atoms with Gasteiger partial charge in [-0.1, -0.05) is 11.6 Å². The Labute approximate surface area is 176 Å². The SMILES string of the molecule is COc1cc([N+](=O)[O-])ccc1NC(=O)CCCOc1cc(C)c(Cl)c(C)c1Br. The third-order valence-corrected chi connectivity index (χ3v) is 5.61. The van der Waals surface area contributed by atoms with Gasteiger partial charge in [0.15, 0.2) is 0 Å². The monoisotopic (exact) mass is 470 g/mol. The van der Waals surface area contributed by atoms with E-state index in [2.05, 4.69) is 21.2 Å². The standard InChI is InChI=1S/C19H20BrClN2O5/c1-11-9-16(18(20)12(2)19(11)21)28-8-4-5-17(24)22-14-7-6-13(23(25)26)10-15(14)27-3/h6-7,9-10H,4-5,8H2,1-3H3,(H,22,24). The molecule has 9 heteroatoms. The van der Waals surface area contributed by atoms with E-state index in [-0.39, 0.29) is 23.8 Å². The van der Waals surface area contributed by atoms with Crippen LogP contribution in [0.5, 0.6) is 11.5 Å². The lowest BCUT2D eigenvalue weighted by Gasteiger charge is -2.13. The Hall–Kier alpha value is -2.32. The van der Waals surface area contributed by atoms with E-state index in [9.17, 15) is 14.9 Å². The zero-order chi connectivity index (χ0) is 20.8. The van der Waals surface area contributed by atoms with Crippen LogP contribution in [0.3, 0.4) is 0 Å². The Balaban J connectivity index is 1.90. The van der Waals surface area contributed by atoms with Crippen LogP contribution < -0.4 is 14.8 Å². The van der Waals surface area contributed by atoms with Crippen LogP contribution in [0.4, 0.5) is 11.4 Å². The number of amides is 1. The van der Waals surface area contributed by atoms with E-state index in [1.165, 1.54) is 25.3 Å². The summed E-state index contributed by atoms with van der Waals surface area (Å²) in [5.41, 5.74) is 2.09. The van der Waals surface area contributed by atoms with Gasteiger partial charge < -0.3 is 14.8 Å². The van der Waals surface area contributed by atoms with E-state index < -0.39 is 4.92 Å². The van der Waals surface area contributed by atoms with Gasteiger partial charge in [0, 0.05) is 17.5 Å². The lowest BCUT2D eigenvalue weighted by Crippen LogP contribution is -2.13. The molecule has 0 saturated carbocycles. The van der Waals surface area contributed by atoms with Gasteiger partial charge in [0.25, 0.3) is 5.69 Å². The second-order valence-corrected chi connectivity index (χ2v) is 7.26. The van der Waals surface area contributed by atoms with E-state index in [0.717, 1.165) is 15.6 Å². The van der Waals surface area contributed by atoms with Crippen LogP contribution in [0.15, 0.2) is 28.7 Å². The van der Waals surface area contributed by atoms with Crippen LogP contribution in [0, 0.1) is 24.0 Å². The molecule has 1 amide bonds. The van der Waals surface area contributed by atoms with Gasteiger partial charge in [-0.3, -0.25) is 14.9 Å². The summed E-state index contributed by atoms with van der Waals surface area (Å²) in [6.45, 7) is 4.15. The average Bonchev–Trinajstić information content (AvgIpc) is 2.67. The van der Waals surface area contributed by atoms with Gasteiger partial charge in [0.1, 0.15) is 11.5 Å². The molecule has 28 heavy (non-hydrogen) atoms. The highest BCUT2D eigenvalue weighted by Crippen LogP contribution is 2.35. The molecule has 0 aromatic heterocycles. The lowest BCUT2D eigenvalue weighted by molar-refractivity contribution is -0.384. The molecule has 0 aliphatic rings. The minimum Gasteiger partial charge on any atom is -0.494 e. The fraction of sp³-hybridized carbons (Fsp3) is 0.316. The molecule has 0 saturated heterocycles. The van der Waals surface area contributed by atoms with Crippen LogP contribution in [-0.4, -0.2) is 24.5 Å². The minimum absolute atomic E-state index is 0.109. The second kappa shape index (κ2) is 9.75. The maximum atomic E-state index is 12.1. The number of non-ortho nitro benzene ring substituents is 1. The normalized spacial score (nSPS) is 10.5. The molecule has 0 spiro atoms. The van der Waals surface area contributed by atoms with Crippen LogP contribution in [0.1, 0.15) is 24.0 Å². The summed E-state index contributed by atoms with van der Waals surface area (Å²) >= 11 is 9.67. The fourth-order valence-corrected chi connectivity index (χ4v) is 3.22. The quantitative estimate of drug-likeness (QED) is 0.315. The van der Waals surface area contributed by atoms with E-state index in [1.807, 2.05) is 19.9 Å². The van der Waals surface area contributed by atoms with Crippen LogP contribution in [0.2, 0.25) is 5.02 Å². The molecule has 0 atom stereocenters. The molecule has 0 unspecified atom stereocenters. The number of carbonyl (C=O) groups is 1. The predicted molar refractivity (Wildman–Crippen MR) is 112 cm³/mol. The first-order valence-electron chi connectivity index (χ1n) is 8.44. The highest BCUT2D eigenvalue weighted by Gasteiger charge is 2.14. The first-order valence-corrected chi connectivity index (χ1v) is 9.62. The highest BCUT2D eigenvalue weighted by atomic mass is 79.9. The van der Waals surface area contributed by atoms with Crippen molar-refractivity contribution in [1.82, 2.24) is 0 Å². The van der Waals surface area contributed by atoms with Crippen molar-refractivity contribution in [3.05, 3.63) is 55.0 Å². The van der Waals surface area contributed by atoms with Crippen molar-refractivity contribution in [3.8, 4) is 11.5 Å². The summed E-state index contributed by atoms with van der Waals surface area (Å²) < 4.78 is 11.7. The second-order valence-electron chi connectivity index (χ2n) is 6.09. The molecule has 0 aliphatic heterocycles. The van der Waals surface area contributed by atoms with Crippen LogP contribution in [0.25, 0.3) is 0 Å². The highest BCUT2D eigenvalue weighted by molar-refractivity contribution is 9.10. The van der Waals surface area contributed by atoms with Crippen LogP contribution in [-0.2, 0) is 4.79 Å². The van der Waals surface area contributed by atoms with Crippen molar-refractivity contribution in [2.45, 2.75) is 26.7 Å². The summed E-state index contributed by atoms with van der Waals surface area (Å²) in [5.74, 6) is 0.671. The molecular formula is C19H20BrClN2O5. The zero-order valence-electron chi connectivity index (χ0n) is 15.7. The topological polar surface area (TPSA) is 90.7 Å². The predicted octanol–water partition coefficient (Wildman–Crippen LogP) is 5.43. The van der Waals surface area contributed by atoms with Crippen molar-refractivity contribution >= 4 is 44.8 Å². The van der Waals surface area contributed by atoms with Crippen molar-refractivity contribution in [3.63, 3.8) is 0 Å². The van der Waals surface area contributed by atoms with Crippen molar-refractivity contribution < 1.29 is 19.2 Å². The molecule has 0 fully saturated rings. The van der Waals surface area contributed by atoms with Crippen LogP contribution >= 0.6 is 27.5 Å². The van der Waals surface area contributed by atoms with E-state index in [0.29, 0.717) is 29.5 Å². The zero-order valence-corrected chi connectivity index (χ0v) is 18.0. The number of methoxy groups -OCH3 is 1. The Morgan fingerprint density at radius 1 is 1.29 bits per heavy atom. The van der Waals surface area contributed by atoms with Gasteiger partial charge in [-0.05, 0) is 59.5 Å². The number of nitro groups is 1. The summed E-state index contributed by atoms with van der Waals surface area (Å²) in [7, 11) is 1.39. The van der Waals surface area contributed by atoms with Crippen molar-refractivity contribution in [1.29, 1.82) is 0 Å². The van der Waals surface area contributed by atoms with Gasteiger partial charge in [-0.2, -0.15) is 0 Å². The van der Waals surface area contributed by atoms with Gasteiger partial charge in [-0.25, -0.2) is 0 Å². The van der Waals surface area contributed by atoms with Gasteiger partial charge in [0.2, 0.25) is 5.91 Å². The first kappa shape index (κ1) is 22.0. The number of benzene rings is 2. The number of halogens is 2. The molecule has 0 bridgehead atoms. The molecule has 0 heterocycles. The molecule has 7 nitrogen and oxygen atoms in total. The van der Waals surface area contributed by atoms with Gasteiger partial charge in [-0.15, -0.1) is 0 Å². The Morgan fingerprint density at radius 3 is 2.64 bits per heavy atom. The lowest BCUT2D eigenvalue weighted by atomic mass is 10.1. The Morgan fingerprint density at radius 2 is 2.00 bits per heavy atom. The Bertz CT molecular complexity index is 904. The summed E-state index contributed by atoms with van der Waals surface area (Å²) in [4.78, 5) is 22.4. The molecule has 2 rings (SSSR count). The summed E-state index contributed by atoms with van der Waals surface area (Å²) in [6.07, 6.45) is 0.720. The summed E-state index contributed by atoms with van der Waals surface area (Å²) in [5, 5.41) is 14.2. The third-order valence-electron chi connectivity index (χ3n) is 4.04. The molecule has 2 aromatic rings. The first-order chi connectivity index (χ1) is 13.2. The molecule has 0 radical (unpaired) electrons. The number of aryl methyl sites for hydroxylation is 1. The number of ether oxygens (including phenoxy) is 2. The molecule has 0 aliphatic carbocycles. The number of carbonyl (C=O) groups excluding carboxylic acids is 1. The molecule has 2 aromatic carbocycles. The Kier molecular flexibility index (Phi) is 7.65. The number of anilines is 1. The summed E-state index contributed by atoms with van der Waals surface area (Å²) in [6, 6.07) is 5.87. The van der Waals surface area contributed by atoms with Gasteiger partial charge in [0.05, 0.1) is 34.9 Å². The average molecular weight is 472 g/mol. The van der Waals surface area contributed by atoms with Gasteiger partial charge >= 0.3 is 0 Å². The largest absolute Gasteiger partial charge is 0.494 e. The van der Waals surface area contributed by atoms with E-state index in [4.69, 9.17) is 21.1 Å². The van der Waals surface area contributed by atoms with Crippen molar-refractivity contribution in [2.75, 3.05) is 19.0 Å². The van der Waals surface area contributed by atoms with E-state index >= 15 is 0 Å². The smallest absolute Gasteiger partial charge is 0.273 e. The minimum atomic E-state index is -0.524. The fourth-order valence-electron chi connectivity index (χ4n) is 2.53. The number of hydrogen-bond acceptors (Lipinski definition) is 5. The molecular weight excluding hydrogens is 452 g/mol. The maximum Gasteiger partial charge on any atom is 0.273 e. The van der Waals surface area contributed by atoms with Crippen molar-refractivity contribution in [2.24, 2.45) is 0 Å². The third kappa shape index (κ3) is 5.36. The molecule has 150 valence electrons. The number of nitro benzene ring substituents is 1.